The SMILES string of the molecule is Cc1cc(C#Cc2cccnc2)ccc1-n1c(=N)nc(N)c2[nH]cnc21. The average molecular weight is 341 g/mol. The predicted molar refractivity (Wildman–Crippen MR) is 98.4 cm³/mol. The van der Waals surface area contributed by atoms with Gasteiger partial charge in [-0.2, -0.15) is 4.98 Å². The van der Waals surface area contributed by atoms with Crippen molar-refractivity contribution in [3.63, 3.8) is 0 Å². The van der Waals surface area contributed by atoms with Gasteiger partial charge in [-0.25, -0.2) is 4.98 Å². The summed E-state index contributed by atoms with van der Waals surface area (Å²) in [7, 11) is 0. The molecule has 0 atom stereocenters. The molecule has 1 aromatic carbocycles. The zero-order valence-corrected chi connectivity index (χ0v) is 14.0. The summed E-state index contributed by atoms with van der Waals surface area (Å²) >= 11 is 0. The fourth-order valence-electron chi connectivity index (χ4n) is 2.76. The van der Waals surface area contributed by atoms with E-state index in [9.17, 15) is 0 Å². The lowest BCUT2D eigenvalue weighted by molar-refractivity contribution is 0.872. The van der Waals surface area contributed by atoms with Gasteiger partial charge in [0.1, 0.15) is 5.52 Å². The maximum absolute atomic E-state index is 8.20. The van der Waals surface area contributed by atoms with Crippen LogP contribution in [-0.2, 0) is 0 Å². The summed E-state index contributed by atoms with van der Waals surface area (Å²) in [6.07, 6.45) is 4.99. The zero-order valence-electron chi connectivity index (χ0n) is 14.0. The molecule has 4 N–H and O–H groups in total. The van der Waals surface area contributed by atoms with Gasteiger partial charge in [0.2, 0.25) is 5.62 Å². The number of nitrogens with two attached hydrogens (primary N) is 1. The van der Waals surface area contributed by atoms with Gasteiger partial charge in [0, 0.05) is 23.5 Å². The van der Waals surface area contributed by atoms with Crippen LogP contribution >= 0.6 is 0 Å². The Kier molecular flexibility index (Phi) is 3.71. The quantitative estimate of drug-likeness (QED) is 0.459. The van der Waals surface area contributed by atoms with E-state index in [0.29, 0.717) is 11.2 Å². The number of pyridine rings is 1. The highest BCUT2D eigenvalue weighted by Gasteiger charge is 2.12. The molecule has 4 aromatic rings. The molecule has 0 radical (unpaired) electrons. The standard InChI is InChI=1S/C19H15N7/c1-12-9-13(4-5-14-3-2-8-22-10-14)6-7-15(12)26-18-16(23-11-24-18)17(20)25-19(26)21/h2-3,6-11H,1H3,(H,23,24)(H3,20,21,25). The molecule has 0 aliphatic carbocycles. The Morgan fingerprint density at radius 3 is 2.81 bits per heavy atom. The number of rotatable bonds is 1. The van der Waals surface area contributed by atoms with E-state index in [2.05, 4.69) is 31.8 Å². The van der Waals surface area contributed by atoms with Crippen molar-refractivity contribution in [2.24, 2.45) is 0 Å². The fourth-order valence-corrected chi connectivity index (χ4v) is 2.76. The lowest BCUT2D eigenvalue weighted by atomic mass is 10.1. The van der Waals surface area contributed by atoms with E-state index in [1.54, 1.807) is 23.3 Å². The third-order valence-electron chi connectivity index (χ3n) is 3.98. The van der Waals surface area contributed by atoms with E-state index in [1.165, 1.54) is 0 Å². The van der Waals surface area contributed by atoms with Gasteiger partial charge in [0.15, 0.2) is 11.5 Å². The zero-order chi connectivity index (χ0) is 18.1. The second kappa shape index (κ2) is 6.18. The van der Waals surface area contributed by atoms with Crippen molar-refractivity contribution < 1.29 is 0 Å². The van der Waals surface area contributed by atoms with Crippen LogP contribution < -0.4 is 11.4 Å². The molecule has 7 heteroatoms. The molecule has 0 aliphatic heterocycles. The number of hydrogen-bond donors (Lipinski definition) is 3. The Morgan fingerprint density at radius 1 is 1.19 bits per heavy atom. The van der Waals surface area contributed by atoms with Crippen LogP contribution in [0.25, 0.3) is 16.9 Å². The monoisotopic (exact) mass is 341 g/mol. The van der Waals surface area contributed by atoms with Crippen molar-refractivity contribution in [2.45, 2.75) is 6.92 Å². The molecule has 0 unspecified atom stereocenters. The average Bonchev–Trinajstić information content (AvgIpc) is 3.12. The summed E-state index contributed by atoms with van der Waals surface area (Å²) < 4.78 is 1.66. The number of H-pyrrole nitrogens is 1. The normalized spacial score (nSPS) is 10.5. The molecule has 26 heavy (non-hydrogen) atoms. The van der Waals surface area contributed by atoms with Gasteiger partial charge in [0.05, 0.1) is 12.0 Å². The summed E-state index contributed by atoms with van der Waals surface area (Å²) in [5.74, 6) is 6.48. The van der Waals surface area contributed by atoms with Crippen LogP contribution in [0.5, 0.6) is 0 Å². The summed E-state index contributed by atoms with van der Waals surface area (Å²) in [6.45, 7) is 1.96. The van der Waals surface area contributed by atoms with Gasteiger partial charge >= 0.3 is 0 Å². The van der Waals surface area contributed by atoms with Crippen molar-refractivity contribution in [2.75, 3.05) is 5.73 Å². The first kappa shape index (κ1) is 15.6. The van der Waals surface area contributed by atoms with E-state index in [-0.39, 0.29) is 11.4 Å². The summed E-state index contributed by atoms with van der Waals surface area (Å²) in [5, 5.41) is 8.20. The van der Waals surface area contributed by atoms with Crippen LogP contribution in [0.2, 0.25) is 0 Å². The van der Waals surface area contributed by atoms with E-state index in [1.807, 2.05) is 37.3 Å². The number of aromatic nitrogens is 5. The number of benzene rings is 1. The molecule has 7 nitrogen and oxygen atoms in total. The molecule has 126 valence electrons. The number of nitrogen functional groups attached to an aromatic ring is 1. The number of fused-ring (bicyclic) bond motifs is 1. The van der Waals surface area contributed by atoms with E-state index in [4.69, 9.17) is 11.1 Å². The molecule has 0 saturated carbocycles. The molecule has 3 aromatic heterocycles. The van der Waals surface area contributed by atoms with Gasteiger partial charge in [-0.15, -0.1) is 0 Å². The van der Waals surface area contributed by atoms with Gasteiger partial charge in [0.25, 0.3) is 0 Å². The first-order valence-electron chi connectivity index (χ1n) is 7.93. The molecule has 0 fully saturated rings. The molecule has 3 heterocycles. The minimum absolute atomic E-state index is 0.0272. The van der Waals surface area contributed by atoms with Crippen LogP contribution in [0.15, 0.2) is 49.1 Å². The van der Waals surface area contributed by atoms with Crippen molar-refractivity contribution >= 4 is 17.0 Å². The largest absolute Gasteiger partial charge is 0.382 e. The van der Waals surface area contributed by atoms with Crippen LogP contribution in [0.3, 0.4) is 0 Å². The minimum Gasteiger partial charge on any atom is -0.382 e. The molecule has 0 saturated heterocycles. The molecule has 0 amide bonds. The fraction of sp³-hybridized carbons (Fsp3) is 0.0526. The number of hydrogen-bond acceptors (Lipinski definition) is 5. The third kappa shape index (κ3) is 2.70. The number of aromatic amines is 1. The highest BCUT2D eigenvalue weighted by atomic mass is 15.2. The highest BCUT2D eigenvalue weighted by Crippen LogP contribution is 2.19. The van der Waals surface area contributed by atoms with Crippen molar-refractivity contribution in [3.05, 3.63) is 71.4 Å². The van der Waals surface area contributed by atoms with Crippen molar-refractivity contribution in [1.82, 2.24) is 24.5 Å². The van der Waals surface area contributed by atoms with Crippen LogP contribution in [0.1, 0.15) is 16.7 Å². The molecule has 4 rings (SSSR count). The molecule has 0 aliphatic rings. The second-order valence-electron chi connectivity index (χ2n) is 5.75. The number of imidazole rings is 1. The summed E-state index contributed by atoms with van der Waals surface area (Å²) in [5.41, 5.74) is 10.6. The lowest BCUT2D eigenvalue weighted by Gasteiger charge is -2.11. The van der Waals surface area contributed by atoms with Crippen molar-refractivity contribution in [3.8, 4) is 17.5 Å². The van der Waals surface area contributed by atoms with Gasteiger partial charge in [-0.05, 0) is 42.8 Å². The molecule has 0 bridgehead atoms. The third-order valence-corrected chi connectivity index (χ3v) is 3.98. The molecule has 0 spiro atoms. The van der Waals surface area contributed by atoms with E-state index < -0.39 is 0 Å². The number of nitrogens with zero attached hydrogens (tertiary/aromatic N) is 4. The molecular formula is C19H15N7. The maximum Gasteiger partial charge on any atom is 0.230 e. The van der Waals surface area contributed by atoms with Crippen LogP contribution in [0, 0.1) is 24.2 Å². The van der Waals surface area contributed by atoms with Crippen molar-refractivity contribution in [1.29, 1.82) is 5.41 Å². The number of anilines is 1. The Balaban J connectivity index is 1.80. The van der Waals surface area contributed by atoms with Crippen LogP contribution in [-0.4, -0.2) is 24.5 Å². The predicted octanol–water partition coefficient (Wildman–Crippen LogP) is 1.91. The Morgan fingerprint density at radius 2 is 2.04 bits per heavy atom. The van der Waals surface area contributed by atoms with Crippen LogP contribution in [0.4, 0.5) is 5.82 Å². The van der Waals surface area contributed by atoms with Gasteiger partial charge in [-0.1, -0.05) is 11.8 Å². The Labute approximate surface area is 149 Å². The van der Waals surface area contributed by atoms with E-state index >= 15 is 0 Å². The van der Waals surface area contributed by atoms with Gasteiger partial charge in [-0.3, -0.25) is 15.0 Å². The highest BCUT2D eigenvalue weighted by molar-refractivity contribution is 5.82. The minimum atomic E-state index is 0.0272. The number of aryl methyl sites for hydroxylation is 1. The summed E-state index contributed by atoms with van der Waals surface area (Å²) in [6, 6.07) is 9.56. The first-order chi connectivity index (χ1) is 12.6. The number of nitrogens with one attached hydrogen (secondary N) is 2. The first-order valence-corrected chi connectivity index (χ1v) is 7.93. The Hall–Kier alpha value is -3.92. The summed E-state index contributed by atoms with van der Waals surface area (Å²) in [4.78, 5) is 15.4. The van der Waals surface area contributed by atoms with Gasteiger partial charge < -0.3 is 10.7 Å². The smallest absolute Gasteiger partial charge is 0.230 e. The molecular weight excluding hydrogens is 326 g/mol. The Bertz CT molecular complexity index is 1220. The van der Waals surface area contributed by atoms with E-state index in [0.717, 1.165) is 22.4 Å². The lowest BCUT2D eigenvalue weighted by Crippen LogP contribution is -2.24. The maximum atomic E-state index is 8.20. The second-order valence-corrected chi connectivity index (χ2v) is 5.75. The topological polar surface area (TPSA) is 109 Å².